The van der Waals surface area contributed by atoms with Crippen LogP contribution in [-0.4, -0.2) is 19.8 Å². The predicted molar refractivity (Wildman–Crippen MR) is 23.1 cm³/mol. The molecule has 0 bridgehead atoms. The van der Waals surface area contributed by atoms with E-state index in [2.05, 4.69) is 10.2 Å². The monoisotopic (exact) mass is 104 g/mol. The van der Waals surface area contributed by atoms with E-state index in [0.29, 0.717) is 0 Å². The fourth-order valence-electron chi connectivity index (χ4n) is 0.332. The lowest BCUT2D eigenvalue weighted by molar-refractivity contribution is -1.04. The molecule has 1 fully saturated rings. The summed E-state index contributed by atoms with van der Waals surface area (Å²) in [5.41, 5.74) is 0. The molecular weight excluding hydrogens is 96.0 g/mol. The molecule has 1 saturated heterocycles. The van der Waals surface area contributed by atoms with Gasteiger partial charge in [0.25, 0.3) is 0 Å². The van der Waals surface area contributed by atoms with Gasteiger partial charge in [-0.15, -0.1) is 0 Å². The van der Waals surface area contributed by atoms with Crippen LogP contribution in [-0.2, 0) is 4.84 Å². The summed E-state index contributed by atoms with van der Waals surface area (Å²) < 4.78 is 0. The third-order valence-electron chi connectivity index (χ3n) is 0.679. The van der Waals surface area contributed by atoms with E-state index in [1.54, 1.807) is 0 Å². The van der Waals surface area contributed by atoms with Crippen molar-refractivity contribution in [2.45, 2.75) is 6.23 Å². The van der Waals surface area contributed by atoms with Gasteiger partial charge in [0.1, 0.15) is 0 Å². The maximum absolute atomic E-state index is 10.0. The Labute approximate surface area is 41.6 Å². The number of hydrogen-bond acceptors (Lipinski definition) is 3. The summed E-state index contributed by atoms with van der Waals surface area (Å²) in [5.74, 6) is 0. The molecule has 1 aliphatic heterocycles. The Morgan fingerprint density at radius 2 is 2.57 bits per heavy atom. The second-order valence-electron chi connectivity index (χ2n) is 1.51. The Morgan fingerprint density at radius 3 is 2.71 bits per heavy atom. The van der Waals surface area contributed by atoms with Gasteiger partial charge in [0.2, 0.25) is 0 Å². The smallest absolute Gasteiger partial charge is 0.180 e. The van der Waals surface area contributed by atoms with Gasteiger partial charge >= 0.3 is 0 Å². The van der Waals surface area contributed by atoms with Gasteiger partial charge in [0, 0.05) is 6.54 Å². The fraction of sp³-hybridized carbons (Fsp3) is 1.00. The minimum atomic E-state index is -0.213. The molecule has 4 heteroatoms. The quantitative estimate of drug-likeness (QED) is 0.310. The molecule has 2 atom stereocenters. The van der Waals surface area contributed by atoms with Gasteiger partial charge in [-0.05, 0) is 0 Å². The maximum Gasteiger partial charge on any atom is 0.180 e. The van der Waals surface area contributed by atoms with Gasteiger partial charge in [0.05, 0.1) is 7.05 Å². The van der Waals surface area contributed by atoms with Gasteiger partial charge in [-0.1, -0.05) is 0 Å². The molecule has 0 amide bonds. The Morgan fingerprint density at radius 1 is 2.00 bits per heavy atom. The molecule has 0 aromatic carbocycles. The lowest BCUT2D eigenvalue weighted by atomic mass is 10.9. The molecule has 0 aromatic heterocycles. The van der Waals surface area contributed by atoms with Crippen molar-refractivity contribution in [1.29, 1.82) is 0 Å². The van der Waals surface area contributed by atoms with Crippen LogP contribution >= 0.6 is 0 Å². The molecule has 1 heterocycles. The third-order valence-corrected chi connectivity index (χ3v) is 0.679. The molecule has 2 N–H and O–H groups in total. The van der Waals surface area contributed by atoms with Gasteiger partial charge in [-0.25, -0.2) is 5.23 Å². The molecule has 0 radical (unpaired) electrons. The average Bonchev–Trinajstić information content (AvgIpc) is 2.17. The average molecular weight is 104 g/mol. The third kappa shape index (κ3) is 1.84. The summed E-state index contributed by atoms with van der Waals surface area (Å²) in [4.78, 5) is 4.61. The van der Waals surface area contributed by atoms with Crippen molar-refractivity contribution < 1.29 is 10.1 Å². The second kappa shape index (κ2) is 1.75. The second-order valence-corrected chi connectivity index (χ2v) is 1.51. The zero-order valence-corrected chi connectivity index (χ0v) is 4.10. The highest BCUT2D eigenvalue weighted by Gasteiger charge is 2.23. The minimum Gasteiger partial charge on any atom is -0.600 e. The van der Waals surface area contributed by atoms with E-state index in [-0.39, 0.29) is 11.5 Å². The number of hydroxylamine groups is 2. The summed E-state index contributed by atoms with van der Waals surface area (Å²) in [7, 11) is 1.40. The molecule has 0 saturated carbocycles. The molecule has 42 valence electrons. The Hall–Kier alpha value is -0.160. The maximum atomic E-state index is 10.0. The summed E-state index contributed by atoms with van der Waals surface area (Å²) in [6.45, 7) is 0.819. The highest BCUT2D eigenvalue weighted by atomic mass is 16.9. The summed E-state index contributed by atoms with van der Waals surface area (Å²) in [6.07, 6.45) is 0.0255. The highest BCUT2D eigenvalue weighted by molar-refractivity contribution is 4.69. The van der Waals surface area contributed by atoms with E-state index in [0.717, 1.165) is 6.54 Å². The summed E-state index contributed by atoms with van der Waals surface area (Å²) in [6, 6.07) is 0. The van der Waals surface area contributed by atoms with Gasteiger partial charge in [0.15, 0.2) is 6.23 Å². The van der Waals surface area contributed by atoms with Crippen LogP contribution in [0.1, 0.15) is 0 Å². The van der Waals surface area contributed by atoms with Crippen molar-refractivity contribution in [2.75, 3.05) is 13.6 Å². The largest absolute Gasteiger partial charge is 0.600 e. The van der Waals surface area contributed by atoms with Crippen LogP contribution in [0.15, 0.2) is 0 Å². The van der Waals surface area contributed by atoms with E-state index < -0.39 is 0 Å². The van der Waals surface area contributed by atoms with E-state index >= 15 is 0 Å². The predicted octanol–water partition coefficient (Wildman–Crippen LogP) is -2.14. The molecule has 2 unspecified atom stereocenters. The van der Waals surface area contributed by atoms with Crippen LogP contribution in [0.25, 0.3) is 0 Å². The molecule has 1 aliphatic rings. The number of rotatable bonds is 2. The van der Waals surface area contributed by atoms with Crippen LogP contribution in [0.2, 0.25) is 0 Å². The normalized spacial score (nSPS) is 32.6. The van der Waals surface area contributed by atoms with Crippen LogP contribution in [0, 0.1) is 5.21 Å². The van der Waals surface area contributed by atoms with E-state index in [4.69, 9.17) is 0 Å². The van der Waals surface area contributed by atoms with Crippen LogP contribution < -0.4 is 10.5 Å². The molecule has 7 heavy (non-hydrogen) atoms. The number of quaternary nitrogens is 1. The van der Waals surface area contributed by atoms with Gasteiger partial charge < -0.3 is 5.21 Å². The molecule has 1 rings (SSSR count). The lowest BCUT2D eigenvalue weighted by Gasteiger charge is -2.11. The van der Waals surface area contributed by atoms with Crippen molar-refractivity contribution in [3.63, 3.8) is 0 Å². The molecule has 0 aliphatic carbocycles. The highest BCUT2D eigenvalue weighted by Crippen LogP contribution is 1.91. The van der Waals surface area contributed by atoms with Gasteiger partial charge in [-0.3, -0.25) is 5.32 Å². The molecular formula is C3H8N2O2. The molecule has 0 aromatic rings. The summed E-state index contributed by atoms with van der Waals surface area (Å²) in [5, 5.41) is 12.6. The van der Waals surface area contributed by atoms with Crippen molar-refractivity contribution in [3.8, 4) is 0 Å². The minimum absolute atomic E-state index is 0.0255. The molecule has 4 nitrogen and oxygen atoms in total. The van der Waals surface area contributed by atoms with Crippen molar-refractivity contribution in [3.05, 3.63) is 5.21 Å². The Bertz CT molecular complexity index is 62.0. The van der Waals surface area contributed by atoms with Crippen molar-refractivity contribution >= 4 is 0 Å². The van der Waals surface area contributed by atoms with Crippen molar-refractivity contribution in [2.24, 2.45) is 0 Å². The van der Waals surface area contributed by atoms with Crippen LogP contribution in [0.5, 0.6) is 0 Å². The van der Waals surface area contributed by atoms with Crippen LogP contribution in [0.4, 0.5) is 0 Å². The van der Waals surface area contributed by atoms with Crippen LogP contribution in [0.3, 0.4) is 0 Å². The first-order valence-corrected chi connectivity index (χ1v) is 2.19. The van der Waals surface area contributed by atoms with E-state index in [1.165, 1.54) is 7.05 Å². The summed E-state index contributed by atoms with van der Waals surface area (Å²) >= 11 is 0. The van der Waals surface area contributed by atoms with E-state index in [1.807, 2.05) is 0 Å². The lowest BCUT2D eigenvalue weighted by Crippen LogP contribution is -3.03. The Balaban J connectivity index is 1.97. The first-order valence-electron chi connectivity index (χ1n) is 2.19. The number of nitrogens with one attached hydrogen (secondary N) is 2. The van der Waals surface area contributed by atoms with Crippen molar-refractivity contribution in [1.82, 2.24) is 5.32 Å². The standard InChI is InChI=1S/C3H8N2O2/c1-5(6)7-3-2-4-3/h3-5H,2H2,1H3. The molecule has 0 spiro atoms. The fourth-order valence-corrected chi connectivity index (χ4v) is 0.332. The number of hydrogen-bond donors (Lipinski definition) is 2. The first kappa shape index (κ1) is 4.99. The topological polar surface area (TPSA) is 58.7 Å². The zero-order chi connectivity index (χ0) is 5.28. The zero-order valence-electron chi connectivity index (χ0n) is 4.10. The van der Waals surface area contributed by atoms with E-state index in [9.17, 15) is 5.21 Å². The Kier molecular flexibility index (Phi) is 1.25. The first-order chi connectivity index (χ1) is 3.29. The van der Waals surface area contributed by atoms with Gasteiger partial charge in [-0.2, -0.15) is 4.84 Å². The SMILES string of the molecule is C[NH+]([O-])OC1CN1.